The number of rotatable bonds is 7. The lowest BCUT2D eigenvalue weighted by Crippen LogP contribution is -2.06. The van der Waals surface area contributed by atoms with E-state index in [1.165, 1.54) is 11.9 Å². The van der Waals surface area contributed by atoms with Crippen molar-refractivity contribution in [3.05, 3.63) is 96.3 Å². The average molecular weight is 383 g/mol. The Morgan fingerprint density at radius 1 is 1.00 bits per heavy atom. The largest absolute Gasteiger partial charge is 0.340 e. The van der Waals surface area contributed by atoms with Crippen molar-refractivity contribution in [2.45, 2.75) is 19.8 Å². The number of hydrogen-bond acceptors (Lipinski definition) is 5. The summed E-state index contributed by atoms with van der Waals surface area (Å²) in [5.41, 5.74) is 4.13. The maximum Gasteiger partial charge on any atom is 0.143 e. The Kier molecular flexibility index (Phi) is 5.42. The predicted octanol–water partition coefficient (Wildman–Crippen LogP) is 4.07. The second-order valence-corrected chi connectivity index (χ2v) is 6.93. The molecule has 1 N–H and O–H groups in total. The normalized spacial score (nSPS) is 10.7. The molecule has 0 spiro atoms. The van der Waals surface area contributed by atoms with Crippen LogP contribution in [0.5, 0.6) is 0 Å². The van der Waals surface area contributed by atoms with Crippen LogP contribution in [0.3, 0.4) is 0 Å². The first-order valence-electron chi connectivity index (χ1n) is 9.39. The lowest BCUT2D eigenvalue weighted by Gasteiger charge is -2.08. The molecule has 0 saturated heterocycles. The van der Waals surface area contributed by atoms with Gasteiger partial charge >= 0.3 is 0 Å². The third-order valence-electron chi connectivity index (χ3n) is 4.53. The van der Waals surface area contributed by atoms with Crippen molar-refractivity contribution < 1.29 is 4.79 Å². The van der Waals surface area contributed by atoms with Gasteiger partial charge in [0, 0.05) is 37.0 Å². The number of anilines is 2. The first kappa shape index (κ1) is 18.6. The molecule has 2 aromatic heterocycles. The van der Waals surface area contributed by atoms with Gasteiger partial charge in [0.15, 0.2) is 0 Å². The third kappa shape index (κ3) is 4.93. The molecule has 6 heteroatoms. The molecule has 0 fully saturated rings. The van der Waals surface area contributed by atoms with Crippen molar-refractivity contribution >= 4 is 17.3 Å². The summed E-state index contributed by atoms with van der Waals surface area (Å²) in [5, 5.41) is 3.26. The van der Waals surface area contributed by atoms with Crippen LogP contribution >= 0.6 is 0 Å². The SMILES string of the molecule is Cc1cccc(CC(=O)Cc2ccc(Nc3cc(-n4ccnc4)ncn3)cc2)c1. The summed E-state index contributed by atoms with van der Waals surface area (Å²) >= 11 is 0. The maximum absolute atomic E-state index is 12.4. The lowest BCUT2D eigenvalue weighted by molar-refractivity contribution is -0.117. The number of hydrogen-bond donors (Lipinski definition) is 1. The van der Waals surface area contributed by atoms with E-state index in [1.54, 1.807) is 12.5 Å². The van der Waals surface area contributed by atoms with E-state index in [0.29, 0.717) is 18.7 Å². The Morgan fingerprint density at radius 2 is 1.83 bits per heavy atom. The Morgan fingerprint density at radius 3 is 2.59 bits per heavy atom. The number of benzene rings is 2. The Balaban J connectivity index is 1.38. The van der Waals surface area contributed by atoms with Gasteiger partial charge in [-0.1, -0.05) is 42.0 Å². The number of nitrogens with one attached hydrogen (secondary N) is 1. The van der Waals surface area contributed by atoms with E-state index >= 15 is 0 Å². The number of nitrogens with zero attached hydrogens (tertiary/aromatic N) is 4. The van der Waals surface area contributed by atoms with E-state index in [9.17, 15) is 4.79 Å². The number of aryl methyl sites for hydroxylation is 1. The number of carbonyl (C=O) groups excluding carboxylic acids is 1. The Hall–Kier alpha value is -3.80. The van der Waals surface area contributed by atoms with Gasteiger partial charge in [0.05, 0.1) is 0 Å². The summed E-state index contributed by atoms with van der Waals surface area (Å²) in [6, 6.07) is 17.8. The van der Waals surface area contributed by atoms with Gasteiger partial charge < -0.3 is 5.32 Å². The molecule has 0 unspecified atom stereocenters. The van der Waals surface area contributed by atoms with Crippen molar-refractivity contribution in [2.75, 3.05) is 5.32 Å². The van der Waals surface area contributed by atoms with Crippen LogP contribution in [0.2, 0.25) is 0 Å². The van der Waals surface area contributed by atoms with Crippen molar-refractivity contribution in [3.8, 4) is 5.82 Å². The minimum absolute atomic E-state index is 0.206. The van der Waals surface area contributed by atoms with Crippen molar-refractivity contribution in [3.63, 3.8) is 0 Å². The van der Waals surface area contributed by atoms with Crippen LogP contribution in [0.4, 0.5) is 11.5 Å². The van der Waals surface area contributed by atoms with Crippen LogP contribution < -0.4 is 5.32 Å². The molecule has 0 radical (unpaired) electrons. The van der Waals surface area contributed by atoms with Crippen LogP contribution in [0.25, 0.3) is 5.82 Å². The van der Waals surface area contributed by atoms with Crippen molar-refractivity contribution in [2.24, 2.45) is 0 Å². The third-order valence-corrected chi connectivity index (χ3v) is 4.53. The van der Waals surface area contributed by atoms with E-state index in [0.717, 1.165) is 22.6 Å². The quantitative estimate of drug-likeness (QED) is 0.521. The molecule has 6 nitrogen and oxygen atoms in total. The number of imidazole rings is 1. The highest BCUT2D eigenvalue weighted by molar-refractivity contribution is 5.83. The molecule has 0 atom stereocenters. The van der Waals surface area contributed by atoms with Gasteiger partial charge in [-0.3, -0.25) is 9.36 Å². The van der Waals surface area contributed by atoms with Crippen molar-refractivity contribution in [1.29, 1.82) is 0 Å². The molecule has 0 aliphatic heterocycles. The van der Waals surface area contributed by atoms with E-state index in [1.807, 2.05) is 66.2 Å². The number of carbonyl (C=O) groups is 1. The van der Waals surface area contributed by atoms with E-state index in [2.05, 4.69) is 26.3 Å². The highest BCUT2D eigenvalue weighted by Gasteiger charge is 2.07. The van der Waals surface area contributed by atoms with Gasteiger partial charge in [-0.05, 0) is 30.2 Å². The Labute approximate surface area is 169 Å². The fraction of sp³-hybridized carbons (Fsp3) is 0.130. The highest BCUT2D eigenvalue weighted by Crippen LogP contribution is 2.17. The average Bonchev–Trinajstić information content (AvgIpc) is 3.25. The van der Waals surface area contributed by atoms with E-state index in [4.69, 9.17) is 0 Å². The zero-order chi connectivity index (χ0) is 20.1. The van der Waals surface area contributed by atoms with Gasteiger partial charge in [-0.25, -0.2) is 15.0 Å². The van der Waals surface area contributed by atoms with Crippen molar-refractivity contribution in [1.82, 2.24) is 19.5 Å². The van der Waals surface area contributed by atoms with Crippen LogP contribution in [-0.4, -0.2) is 25.3 Å². The maximum atomic E-state index is 12.4. The molecule has 29 heavy (non-hydrogen) atoms. The first-order chi connectivity index (χ1) is 14.2. The number of aromatic nitrogens is 4. The molecule has 0 saturated carbocycles. The van der Waals surface area contributed by atoms with Gasteiger partial charge in [-0.15, -0.1) is 0 Å². The topological polar surface area (TPSA) is 72.7 Å². The van der Waals surface area contributed by atoms with Crippen LogP contribution in [0.15, 0.2) is 79.6 Å². The molecule has 144 valence electrons. The summed E-state index contributed by atoms with van der Waals surface area (Å²) in [6.07, 6.45) is 7.61. The summed E-state index contributed by atoms with van der Waals surface area (Å²) < 4.78 is 1.82. The second kappa shape index (κ2) is 8.48. The van der Waals surface area contributed by atoms with Crippen LogP contribution in [0.1, 0.15) is 16.7 Å². The highest BCUT2D eigenvalue weighted by atomic mass is 16.1. The smallest absolute Gasteiger partial charge is 0.143 e. The molecule has 4 rings (SSSR count). The predicted molar refractivity (Wildman–Crippen MR) is 112 cm³/mol. The fourth-order valence-corrected chi connectivity index (χ4v) is 3.15. The molecule has 0 aliphatic rings. The lowest BCUT2D eigenvalue weighted by atomic mass is 10.0. The summed E-state index contributed by atoms with van der Waals surface area (Å²) in [5.74, 6) is 1.63. The molecule has 0 aliphatic carbocycles. The fourth-order valence-electron chi connectivity index (χ4n) is 3.15. The molecule has 0 bridgehead atoms. The zero-order valence-electron chi connectivity index (χ0n) is 16.1. The molecule has 0 amide bonds. The van der Waals surface area contributed by atoms with E-state index < -0.39 is 0 Å². The standard InChI is InChI=1S/C23H21N5O/c1-17-3-2-4-19(11-17)13-21(29)12-18-5-7-20(8-6-18)27-22-14-23(26-15-25-22)28-10-9-24-16-28/h2-11,14-16H,12-13H2,1H3,(H,25,26,27). The summed E-state index contributed by atoms with van der Waals surface area (Å²) in [7, 11) is 0. The number of ketones is 1. The minimum atomic E-state index is 0.206. The summed E-state index contributed by atoms with van der Waals surface area (Å²) in [4.78, 5) is 24.9. The molecule has 2 heterocycles. The molecular formula is C23H21N5O. The monoisotopic (exact) mass is 383 g/mol. The molecule has 4 aromatic rings. The number of Topliss-reactive ketones (excluding diaryl/α,β-unsaturated/α-hetero) is 1. The first-order valence-corrected chi connectivity index (χ1v) is 9.39. The summed E-state index contributed by atoms with van der Waals surface area (Å²) in [6.45, 7) is 2.04. The molecule has 2 aromatic carbocycles. The molecular weight excluding hydrogens is 362 g/mol. The van der Waals surface area contributed by atoms with E-state index in [-0.39, 0.29) is 5.78 Å². The van der Waals surface area contributed by atoms with Gasteiger partial charge in [0.2, 0.25) is 0 Å². The van der Waals surface area contributed by atoms with Gasteiger partial charge in [0.1, 0.15) is 30.1 Å². The van der Waals surface area contributed by atoms with Crippen LogP contribution in [-0.2, 0) is 17.6 Å². The second-order valence-electron chi connectivity index (χ2n) is 6.93. The van der Waals surface area contributed by atoms with Crippen LogP contribution in [0, 0.1) is 6.92 Å². The minimum Gasteiger partial charge on any atom is -0.340 e. The van der Waals surface area contributed by atoms with Gasteiger partial charge in [-0.2, -0.15) is 0 Å². The van der Waals surface area contributed by atoms with Gasteiger partial charge in [0.25, 0.3) is 0 Å². The Bertz CT molecular complexity index is 1100. The zero-order valence-corrected chi connectivity index (χ0v) is 16.1.